The van der Waals surface area contributed by atoms with Gasteiger partial charge in [-0.3, -0.25) is 0 Å². The SMILES string of the molecule is CCOc1ccc2cnc(OC)c(Br)c2n1. The van der Waals surface area contributed by atoms with E-state index >= 15 is 0 Å². The third-order valence-electron chi connectivity index (χ3n) is 2.10. The Morgan fingerprint density at radius 1 is 1.38 bits per heavy atom. The van der Waals surface area contributed by atoms with Gasteiger partial charge < -0.3 is 9.47 Å². The minimum atomic E-state index is 0.522. The predicted molar refractivity (Wildman–Crippen MR) is 65.0 cm³/mol. The second-order valence-electron chi connectivity index (χ2n) is 3.10. The minimum Gasteiger partial charge on any atom is -0.480 e. The fraction of sp³-hybridized carbons (Fsp3) is 0.273. The van der Waals surface area contributed by atoms with Crippen LogP contribution in [0.25, 0.3) is 10.9 Å². The zero-order valence-corrected chi connectivity index (χ0v) is 10.6. The van der Waals surface area contributed by atoms with Crippen LogP contribution in [0.1, 0.15) is 6.92 Å². The molecule has 0 saturated heterocycles. The molecule has 0 aliphatic carbocycles. The summed E-state index contributed by atoms with van der Waals surface area (Å²) >= 11 is 3.42. The number of nitrogens with zero attached hydrogens (tertiary/aromatic N) is 2. The summed E-state index contributed by atoms with van der Waals surface area (Å²) in [6.07, 6.45) is 1.72. The van der Waals surface area contributed by atoms with E-state index in [0.29, 0.717) is 18.4 Å². The van der Waals surface area contributed by atoms with Crippen molar-refractivity contribution in [1.29, 1.82) is 0 Å². The first-order chi connectivity index (χ1) is 7.76. The highest BCUT2D eigenvalue weighted by atomic mass is 79.9. The number of rotatable bonds is 3. The molecule has 16 heavy (non-hydrogen) atoms. The molecule has 0 atom stereocenters. The van der Waals surface area contributed by atoms with Gasteiger partial charge in [0.25, 0.3) is 0 Å². The van der Waals surface area contributed by atoms with E-state index in [0.717, 1.165) is 15.4 Å². The van der Waals surface area contributed by atoms with E-state index in [-0.39, 0.29) is 0 Å². The first-order valence-electron chi connectivity index (χ1n) is 4.88. The fourth-order valence-electron chi connectivity index (χ4n) is 1.39. The van der Waals surface area contributed by atoms with E-state index in [2.05, 4.69) is 25.9 Å². The summed E-state index contributed by atoms with van der Waals surface area (Å²) in [5.41, 5.74) is 0.790. The number of ether oxygens (including phenoxy) is 2. The van der Waals surface area contributed by atoms with Gasteiger partial charge >= 0.3 is 0 Å². The van der Waals surface area contributed by atoms with Gasteiger partial charge in [-0.05, 0) is 28.9 Å². The number of pyridine rings is 2. The summed E-state index contributed by atoms with van der Waals surface area (Å²) in [4.78, 5) is 8.53. The van der Waals surface area contributed by atoms with Crippen molar-refractivity contribution in [2.24, 2.45) is 0 Å². The van der Waals surface area contributed by atoms with Gasteiger partial charge in [0, 0.05) is 17.6 Å². The van der Waals surface area contributed by atoms with Crippen LogP contribution in [-0.4, -0.2) is 23.7 Å². The van der Waals surface area contributed by atoms with Gasteiger partial charge in [-0.2, -0.15) is 0 Å². The van der Waals surface area contributed by atoms with Crippen LogP contribution in [0.5, 0.6) is 11.8 Å². The summed E-state index contributed by atoms with van der Waals surface area (Å²) in [6, 6.07) is 3.75. The van der Waals surface area contributed by atoms with E-state index in [9.17, 15) is 0 Å². The first kappa shape index (κ1) is 11.1. The molecular weight excluding hydrogens is 272 g/mol. The van der Waals surface area contributed by atoms with Crippen molar-refractivity contribution in [3.8, 4) is 11.8 Å². The molecule has 2 rings (SSSR count). The Balaban J connectivity index is 2.60. The number of hydrogen-bond donors (Lipinski definition) is 0. The summed E-state index contributed by atoms with van der Waals surface area (Å²) in [7, 11) is 1.57. The number of halogens is 1. The molecule has 0 aromatic carbocycles. The Morgan fingerprint density at radius 2 is 2.19 bits per heavy atom. The highest BCUT2D eigenvalue weighted by Gasteiger charge is 2.09. The maximum atomic E-state index is 5.35. The Labute approximate surface area is 102 Å². The zero-order chi connectivity index (χ0) is 11.5. The van der Waals surface area contributed by atoms with E-state index in [4.69, 9.17) is 9.47 Å². The Kier molecular flexibility index (Phi) is 3.24. The predicted octanol–water partition coefficient (Wildman–Crippen LogP) is 2.80. The third kappa shape index (κ3) is 1.95. The van der Waals surface area contributed by atoms with Gasteiger partial charge in [0.1, 0.15) is 4.47 Å². The van der Waals surface area contributed by atoms with Crippen molar-refractivity contribution >= 4 is 26.8 Å². The zero-order valence-electron chi connectivity index (χ0n) is 9.03. The normalized spacial score (nSPS) is 10.4. The third-order valence-corrected chi connectivity index (χ3v) is 2.82. The molecule has 2 aromatic rings. The Bertz CT molecular complexity index is 517. The minimum absolute atomic E-state index is 0.522. The molecule has 0 fully saturated rings. The molecule has 4 nitrogen and oxygen atoms in total. The highest BCUT2D eigenvalue weighted by Crippen LogP contribution is 2.30. The summed E-state index contributed by atoms with van der Waals surface area (Å²) in [5.74, 6) is 1.12. The lowest BCUT2D eigenvalue weighted by atomic mass is 10.3. The van der Waals surface area contributed by atoms with Gasteiger partial charge in [-0.1, -0.05) is 0 Å². The van der Waals surface area contributed by atoms with Crippen LogP contribution in [0.2, 0.25) is 0 Å². The molecule has 0 bridgehead atoms. The van der Waals surface area contributed by atoms with E-state index < -0.39 is 0 Å². The molecule has 0 radical (unpaired) electrons. The molecule has 0 unspecified atom stereocenters. The van der Waals surface area contributed by atoms with Crippen molar-refractivity contribution in [3.63, 3.8) is 0 Å². The average molecular weight is 283 g/mol. The Hall–Kier alpha value is -1.36. The van der Waals surface area contributed by atoms with Gasteiger partial charge in [-0.25, -0.2) is 9.97 Å². The molecular formula is C11H11BrN2O2. The van der Waals surface area contributed by atoms with Crippen molar-refractivity contribution in [2.45, 2.75) is 6.92 Å². The van der Waals surface area contributed by atoms with Crippen LogP contribution in [0.4, 0.5) is 0 Å². The molecule has 0 N–H and O–H groups in total. The Morgan fingerprint density at radius 3 is 2.88 bits per heavy atom. The van der Waals surface area contributed by atoms with Crippen molar-refractivity contribution < 1.29 is 9.47 Å². The maximum absolute atomic E-state index is 5.35. The lowest BCUT2D eigenvalue weighted by molar-refractivity contribution is 0.328. The number of fused-ring (bicyclic) bond motifs is 1. The second-order valence-corrected chi connectivity index (χ2v) is 3.89. The van der Waals surface area contributed by atoms with Crippen molar-refractivity contribution in [3.05, 3.63) is 22.8 Å². The molecule has 0 aliphatic rings. The number of aromatic nitrogens is 2. The van der Waals surface area contributed by atoms with Crippen LogP contribution < -0.4 is 9.47 Å². The second kappa shape index (κ2) is 4.65. The van der Waals surface area contributed by atoms with Crippen LogP contribution in [0, 0.1) is 0 Å². The van der Waals surface area contributed by atoms with Gasteiger partial charge in [-0.15, -0.1) is 0 Å². The van der Waals surface area contributed by atoms with Crippen LogP contribution in [-0.2, 0) is 0 Å². The molecule has 0 saturated carbocycles. The molecule has 84 valence electrons. The van der Waals surface area contributed by atoms with Gasteiger partial charge in [0.15, 0.2) is 0 Å². The largest absolute Gasteiger partial charge is 0.480 e. The van der Waals surface area contributed by atoms with E-state index in [1.54, 1.807) is 13.3 Å². The smallest absolute Gasteiger partial charge is 0.229 e. The van der Waals surface area contributed by atoms with Crippen LogP contribution in [0.3, 0.4) is 0 Å². The summed E-state index contributed by atoms with van der Waals surface area (Å²) in [5, 5.41) is 0.941. The quantitative estimate of drug-likeness (QED) is 0.868. The number of methoxy groups -OCH3 is 1. The summed E-state index contributed by atoms with van der Waals surface area (Å²) in [6.45, 7) is 2.52. The standard InChI is InChI=1S/C11H11BrN2O2/c1-3-16-8-5-4-7-6-13-11(15-2)9(12)10(7)14-8/h4-6H,3H2,1-2H3. The average Bonchev–Trinajstić information content (AvgIpc) is 2.31. The molecule has 0 spiro atoms. The molecule has 0 aliphatic heterocycles. The molecule has 5 heteroatoms. The first-order valence-corrected chi connectivity index (χ1v) is 5.67. The van der Waals surface area contributed by atoms with E-state index in [1.807, 2.05) is 19.1 Å². The van der Waals surface area contributed by atoms with Gasteiger partial charge in [0.05, 0.1) is 19.2 Å². The van der Waals surface area contributed by atoms with Crippen molar-refractivity contribution in [2.75, 3.05) is 13.7 Å². The number of hydrogen-bond acceptors (Lipinski definition) is 4. The molecule has 0 amide bonds. The topological polar surface area (TPSA) is 44.2 Å². The van der Waals surface area contributed by atoms with Gasteiger partial charge in [0.2, 0.25) is 11.8 Å². The fourth-order valence-corrected chi connectivity index (χ4v) is 1.97. The van der Waals surface area contributed by atoms with Crippen LogP contribution in [0.15, 0.2) is 22.8 Å². The van der Waals surface area contributed by atoms with E-state index in [1.165, 1.54) is 0 Å². The lowest BCUT2D eigenvalue weighted by Crippen LogP contribution is -1.96. The molecule has 2 heterocycles. The molecule has 2 aromatic heterocycles. The lowest BCUT2D eigenvalue weighted by Gasteiger charge is -2.07. The maximum Gasteiger partial charge on any atom is 0.229 e. The van der Waals surface area contributed by atoms with Crippen LogP contribution >= 0.6 is 15.9 Å². The highest BCUT2D eigenvalue weighted by molar-refractivity contribution is 9.10. The monoisotopic (exact) mass is 282 g/mol. The summed E-state index contributed by atoms with van der Waals surface area (Å²) < 4.78 is 11.2. The van der Waals surface area contributed by atoms with Crippen molar-refractivity contribution in [1.82, 2.24) is 9.97 Å².